The fourth-order valence-electron chi connectivity index (χ4n) is 2.27. The van der Waals surface area contributed by atoms with Crippen molar-refractivity contribution in [2.45, 2.75) is 19.3 Å². The van der Waals surface area contributed by atoms with Crippen molar-refractivity contribution in [2.24, 2.45) is 0 Å². The van der Waals surface area contributed by atoms with Crippen LogP contribution < -0.4 is 4.74 Å². The molecule has 2 aromatic rings. The molecule has 1 atom stereocenters. The molecule has 21 heavy (non-hydrogen) atoms. The highest BCUT2D eigenvalue weighted by Crippen LogP contribution is 2.27. The molecule has 2 rings (SSSR count). The van der Waals surface area contributed by atoms with Crippen LogP contribution in [0, 0.1) is 12.7 Å². The normalized spacial score (nSPS) is 12.0. The van der Waals surface area contributed by atoms with Crippen LogP contribution in [0.3, 0.4) is 0 Å². The number of carboxylic acids is 1. The third-order valence-corrected chi connectivity index (χ3v) is 3.44. The number of rotatable bonds is 5. The lowest BCUT2D eigenvalue weighted by Gasteiger charge is -2.15. The van der Waals surface area contributed by atoms with Crippen LogP contribution >= 0.6 is 0 Å². The number of ether oxygens (including phenoxy) is 1. The Hall–Kier alpha value is -2.36. The number of carbonyl (C=O) groups is 1. The predicted octanol–water partition coefficient (Wildman–Crippen LogP) is 3.55. The Labute approximate surface area is 123 Å². The van der Waals surface area contributed by atoms with E-state index in [2.05, 4.69) is 0 Å². The zero-order valence-corrected chi connectivity index (χ0v) is 12.0. The van der Waals surface area contributed by atoms with Gasteiger partial charge in [-0.05, 0) is 42.7 Å². The lowest BCUT2D eigenvalue weighted by Crippen LogP contribution is -2.15. The summed E-state index contributed by atoms with van der Waals surface area (Å²) < 4.78 is 18.6. The van der Waals surface area contributed by atoms with E-state index in [1.807, 2.05) is 19.1 Å². The summed E-state index contributed by atoms with van der Waals surface area (Å²) in [6, 6.07) is 11.5. The van der Waals surface area contributed by atoms with Crippen LogP contribution in [0.5, 0.6) is 5.75 Å². The van der Waals surface area contributed by atoms with Crippen LogP contribution in [0.25, 0.3) is 0 Å². The zero-order valence-electron chi connectivity index (χ0n) is 12.0. The SMILES string of the molecule is COc1ccc(F)cc1CC(C(=O)O)c1ccc(C)cc1. The number of hydrogen-bond acceptors (Lipinski definition) is 2. The second kappa shape index (κ2) is 6.39. The Kier molecular flexibility index (Phi) is 4.58. The highest BCUT2D eigenvalue weighted by atomic mass is 19.1. The molecule has 3 nitrogen and oxygen atoms in total. The van der Waals surface area contributed by atoms with Gasteiger partial charge < -0.3 is 9.84 Å². The number of hydrogen-bond donors (Lipinski definition) is 1. The van der Waals surface area contributed by atoms with Gasteiger partial charge in [-0.2, -0.15) is 0 Å². The molecule has 0 aliphatic rings. The van der Waals surface area contributed by atoms with Crippen LogP contribution in [-0.2, 0) is 11.2 Å². The molecule has 1 N–H and O–H groups in total. The van der Waals surface area contributed by atoms with Gasteiger partial charge in [0.05, 0.1) is 13.0 Å². The molecular formula is C17H17FO3. The second-order valence-electron chi connectivity index (χ2n) is 4.96. The van der Waals surface area contributed by atoms with E-state index in [9.17, 15) is 14.3 Å². The Balaban J connectivity index is 2.35. The van der Waals surface area contributed by atoms with Gasteiger partial charge in [0.2, 0.25) is 0 Å². The van der Waals surface area contributed by atoms with E-state index in [4.69, 9.17) is 4.74 Å². The highest BCUT2D eigenvalue weighted by Gasteiger charge is 2.22. The van der Waals surface area contributed by atoms with Crippen molar-refractivity contribution in [1.29, 1.82) is 0 Å². The van der Waals surface area contributed by atoms with Crippen molar-refractivity contribution in [1.82, 2.24) is 0 Å². The minimum atomic E-state index is -0.940. The molecule has 0 heterocycles. The maximum Gasteiger partial charge on any atom is 0.311 e. The second-order valence-corrected chi connectivity index (χ2v) is 4.96. The highest BCUT2D eigenvalue weighted by molar-refractivity contribution is 5.76. The molecule has 1 unspecified atom stereocenters. The summed E-state index contributed by atoms with van der Waals surface area (Å²) in [5.41, 5.74) is 2.30. The van der Waals surface area contributed by atoms with Crippen molar-refractivity contribution in [2.75, 3.05) is 7.11 Å². The number of aryl methyl sites for hydroxylation is 1. The fraction of sp³-hybridized carbons (Fsp3) is 0.235. The first-order valence-corrected chi connectivity index (χ1v) is 6.63. The number of halogens is 1. The number of methoxy groups -OCH3 is 1. The number of carboxylic acid groups (broad SMARTS) is 1. The van der Waals surface area contributed by atoms with Crippen molar-refractivity contribution in [3.8, 4) is 5.75 Å². The van der Waals surface area contributed by atoms with Crippen molar-refractivity contribution in [3.63, 3.8) is 0 Å². The molecule has 0 aliphatic heterocycles. The molecular weight excluding hydrogens is 271 g/mol. The maximum atomic E-state index is 13.4. The first-order chi connectivity index (χ1) is 10.0. The van der Waals surface area contributed by atoms with E-state index >= 15 is 0 Å². The molecule has 0 fully saturated rings. The van der Waals surface area contributed by atoms with E-state index in [0.29, 0.717) is 16.9 Å². The van der Waals surface area contributed by atoms with Gasteiger partial charge in [0, 0.05) is 0 Å². The number of aliphatic carboxylic acids is 1. The first kappa shape index (κ1) is 15.0. The molecule has 2 aromatic carbocycles. The van der Waals surface area contributed by atoms with E-state index in [1.54, 1.807) is 12.1 Å². The molecule has 0 aromatic heterocycles. The van der Waals surface area contributed by atoms with Crippen LogP contribution in [0.15, 0.2) is 42.5 Å². The summed E-state index contributed by atoms with van der Waals surface area (Å²) in [5, 5.41) is 9.46. The molecule has 0 saturated carbocycles. The third kappa shape index (κ3) is 3.60. The largest absolute Gasteiger partial charge is 0.496 e. The van der Waals surface area contributed by atoms with Crippen LogP contribution in [0.1, 0.15) is 22.6 Å². The monoisotopic (exact) mass is 288 g/mol. The van der Waals surface area contributed by atoms with Gasteiger partial charge in [-0.1, -0.05) is 29.8 Å². The van der Waals surface area contributed by atoms with E-state index in [0.717, 1.165) is 5.56 Å². The Morgan fingerprint density at radius 2 is 1.90 bits per heavy atom. The van der Waals surface area contributed by atoms with Crippen LogP contribution in [-0.4, -0.2) is 18.2 Å². The summed E-state index contributed by atoms with van der Waals surface area (Å²) in [6.45, 7) is 1.94. The van der Waals surface area contributed by atoms with Crippen LogP contribution in [0.2, 0.25) is 0 Å². The topological polar surface area (TPSA) is 46.5 Å². The lowest BCUT2D eigenvalue weighted by molar-refractivity contribution is -0.138. The van der Waals surface area contributed by atoms with Gasteiger partial charge in [-0.25, -0.2) is 4.39 Å². The van der Waals surface area contributed by atoms with Crippen molar-refractivity contribution >= 4 is 5.97 Å². The first-order valence-electron chi connectivity index (χ1n) is 6.63. The molecule has 4 heteroatoms. The summed E-state index contributed by atoms with van der Waals surface area (Å²) in [7, 11) is 1.48. The van der Waals surface area contributed by atoms with Crippen molar-refractivity contribution < 1.29 is 19.0 Å². The van der Waals surface area contributed by atoms with Gasteiger partial charge in [0.25, 0.3) is 0 Å². The molecule has 0 amide bonds. The maximum absolute atomic E-state index is 13.4. The molecule has 0 spiro atoms. The van der Waals surface area contributed by atoms with Gasteiger partial charge in [0.1, 0.15) is 11.6 Å². The minimum absolute atomic E-state index is 0.180. The van der Waals surface area contributed by atoms with Gasteiger partial charge in [-0.3, -0.25) is 4.79 Å². The quantitative estimate of drug-likeness (QED) is 0.915. The molecule has 0 radical (unpaired) electrons. The van der Waals surface area contributed by atoms with E-state index in [1.165, 1.54) is 25.3 Å². The minimum Gasteiger partial charge on any atom is -0.496 e. The molecule has 0 aliphatic carbocycles. The molecule has 0 saturated heterocycles. The van der Waals surface area contributed by atoms with E-state index in [-0.39, 0.29) is 6.42 Å². The predicted molar refractivity (Wildman–Crippen MR) is 78.2 cm³/mol. The zero-order chi connectivity index (χ0) is 15.4. The summed E-state index contributed by atoms with van der Waals surface area (Å²) in [4.78, 5) is 11.5. The lowest BCUT2D eigenvalue weighted by atomic mass is 9.91. The average molecular weight is 288 g/mol. The van der Waals surface area contributed by atoms with Gasteiger partial charge in [-0.15, -0.1) is 0 Å². The smallest absolute Gasteiger partial charge is 0.311 e. The fourth-order valence-corrected chi connectivity index (χ4v) is 2.27. The Morgan fingerprint density at radius 3 is 2.48 bits per heavy atom. The molecule has 0 bridgehead atoms. The summed E-state index contributed by atoms with van der Waals surface area (Å²) >= 11 is 0. The van der Waals surface area contributed by atoms with Crippen LogP contribution in [0.4, 0.5) is 4.39 Å². The van der Waals surface area contributed by atoms with Gasteiger partial charge in [0.15, 0.2) is 0 Å². The Morgan fingerprint density at radius 1 is 1.24 bits per heavy atom. The van der Waals surface area contributed by atoms with Crippen molar-refractivity contribution in [3.05, 3.63) is 65.0 Å². The number of benzene rings is 2. The van der Waals surface area contributed by atoms with Gasteiger partial charge >= 0.3 is 5.97 Å². The summed E-state index contributed by atoms with van der Waals surface area (Å²) in [6.07, 6.45) is 0.180. The van der Waals surface area contributed by atoms with E-state index < -0.39 is 17.7 Å². The molecule has 110 valence electrons. The standard InChI is InChI=1S/C17H17FO3/c1-11-3-5-12(6-4-11)15(17(19)20)10-13-9-14(18)7-8-16(13)21-2/h3-9,15H,10H2,1-2H3,(H,19,20). The average Bonchev–Trinajstić information content (AvgIpc) is 2.46. The summed E-state index contributed by atoms with van der Waals surface area (Å²) in [5.74, 6) is -1.58. The Bertz CT molecular complexity index is 635. The third-order valence-electron chi connectivity index (χ3n) is 3.44.